The summed E-state index contributed by atoms with van der Waals surface area (Å²) < 4.78 is 71.9. The normalized spacial score (nSPS) is 14.4. The second-order valence-corrected chi connectivity index (χ2v) is 37.0. The first-order valence-electron chi connectivity index (χ1n) is 31.0. The Morgan fingerprint density at radius 3 is 1.29 bits per heavy atom. The van der Waals surface area contributed by atoms with Crippen LogP contribution in [0.1, 0.15) is 60.8 Å². The van der Waals surface area contributed by atoms with Crippen LogP contribution < -0.4 is 31.6 Å². The molecule has 2 heterocycles. The Morgan fingerprint density at radius 2 is 0.903 bits per heavy atom. The second kappa shape index (κ2) is 41.4. The van der Waals surface area contributed by atoms with Gasteiger partial charge in [0, 0.05) is 50.6 Å². The standard InChI is InChI=1S/C39H44N3O7P.C25H34N5O7P.C3H9BrSi/c40-29-37(27-34-14-15-36-28-38(17-16-35(36)26-34)42-19-8-3-9-20-42)39(43)41-18-21-45-22-23-46-24-25-47-50(44,48-30-32-10-4-1-5-11-32)49-31-33-12-6-2-7-13-33;26-19-23(25(31)28-8-11-34-12-13-35-14-15-36-38(33,29-32)37-27)17-20-4-5-22-18-24(7-6-21(22)16-20)30-9-2-1-3-10-30;1-5(2,3)4/h1-2,4-7,10-17,26-28H,3,8-9,18-25,30-31H2,(H,41,43);4-7,16-18,32H,1-3,8-15,27H2,(H,28,31)(H,29,33);1-3H3/b37-27+;23-17+;. The number of benzene rings is 6. The number of nitrogens with one attached hydrogen (secondary N) is 3. The molecule has 0 radical (unpaired) electrons. The minimum atomic E-state index is -3.91. The molecule has 0 aromatic heterocycles. The highest BCUT2D eigenvalue weighted by atomic mass is 79.9. The van der Waals surface area contributed by atoms with E-state index < -0.39 is 34.1 Å². The number of phosphoric acid groups is 1. The van der Waals surface area contributed by atoms with Crippen LogP contribution >= 0.6 is 30.9 Å². The largest absolute Gasteiger partial charge is 0.475 e. The number of carbonyl (C=O) groups excluding carboxylic acids is 2. The van der Waals surface area contributed by atoms with Gasteiger partial charge in [-0.2, -0.15) is 10.5 Å². The Hall–Kier alpha value is -6.48. The number of fused-ring (bicyclic) bond motifs is 2. The van der Waals surface area contributed by atoms with Gasteiger partial charge in [0.2, 0.25) is 0 Å². The number of halogens is 1. The van der Waals surface area contributed by atoms with E-state index >= 15 is 0 Å². The van der Waals surface area contributed by atoms with E-state index in [4.69, 9.17) is 48.1 Å². The minimum Gasteiger partial charge on any atom is -0.377 e. The predicted octanol–water partition coefficient (Wildman–Crippen LogP) is 12.5. The van der Waals surface area contributed by atoms with Crippen LogP contribution in [0.4, 0.5) is 11.4 Å². The van der Waals surface area contributed by atoms with Crippen LogP contribution in [0.15, 0.2) is 145 Å². The highest BCUT2D eigenvalue weighted by Gasteiger charge is 2.27. The summed E-state index contributed by atoms with van der Waals surface area (Å²) in [6.45, 7) is 12.5. The summed E-state index contributed by atoms with van der Waals surface area (Å²) >= 11 is 3.51. The Morgan fingerprint density at radius 1 is 0.538 bits per heavy atom. The van der Waals surface area contributed by atoms with Gasteiger partial charge in [0.1, 0.15) is 30.0 Å². The van der Waals surface area contributed by atoms with Crippen LogP contribution in [0, 0.1) is 22.7 Å². The van der Waals surface area contributed by atoms with Crippen molar-refractivity contribution < 1.29 is 65.6 Å². The van der Waals surface area contributed by atoms with Gasteiger partial charge in [0.15, 0.2) is 0 Å². The molecule has 26 heteroatoms. The lowest BCUT2D eigenvalue weighted by Crippen LogP contribution is -2.29. The van der Waals surface area contributed by atoms with Gasteiger partial charge in [-0.05, 0) is 131 Å². The lowest BCUT2D eigenvalue weighted by Gasteiger charge is -2.29. The quantitative estimate of drug-likeness (QED) is 0.00477. The molecular formula is C67H87BrN8O14P2Si. The molecule has 0 saturated carbocycles. The van der Waals surface area contributed by atoms with E-state index in [1.54, 1.807) is 12.2 Å². The van der Waals surface area contributed by atoms with E-state index in [1.807, 2.05) is 109 Å². The maximum atomic E-state index is 13.3. The van der Waals surface area contributed by atoms with Crippen LogP contribution in [-0.2, 0) is 73.6 Å². The van der Waals surface area contributed by atoms with Crippen molar-refractivity contribution >= 4 is 94.4 Å². The van der Waals surface area contributed by atoms with E-state index in [0.717, 1.165) is 70.0 Å². The third kappa shape index (κ3) is 29.0. The van der Waals surface area contributed by atoms with Gasteiger partial charge in [0.25, 0.3) is 11.8 Å². The third-order valence-electron chi connectivity index (χ3n) is 14.0. The number of nitriles is 2. The molecule has 2 aliphatic heterocycles. The topological polar surface area (TPSA) is 288 Å². The number of amides is 2. The van der Waals surface area contributed by atoms with Gasteiger partial charge in [-0.3, -0.25) is 27.7 Å². The number of anilines is 2. The highest BCUT2D eigenvalue weighted by Crippen LogP contribution is 2.51. The van der Waals surface area contributed by atoms with Crippen LogP contribution in [0.2, 0.25) is 19.6 Å². The van der Waals surface area contributed by atoms with E-state index in [9.17, 15) is 29.2 Å². The summed E-state index contributed by atoms with van der Waals surface area (Å²) in [5, 5.41) is 38.8. The van der Waals surface area contributed by atoms with Crippen molar-refractivity contribution in [3.8, 4) is 12.1 Å². The van der Waals surface area contributed by atoms with Crippen molar-refractivity contribution in [3.05, 3.63) is 167 Å². The predicted molar refractivity (Wildman–Crippen MR) is 369 cm³/mol. The summed E-state index contributed by atoms with van der Waals surface area (Å²) in [6, 6.07) is 47.4. The zero-order chi connectivity index (χ0) is 66.6. The number of rotatable bonds is 34. The molecule has 1 atom stereocenters. The zero-order valence-corrected chi connectivity index (χ0v) is 57.6. The highest BCUT2D eigenvalue weighted by molar-refractivity contribution is 9.26. The Bertz CT molecular complexity index is 3450. The van der Waals surface area contributed by atoms with Crippen LogP contribution in [0.25, 0.3) is 33.7 Å². The van der Waals surface area contributed by atoms with Gasteiger partial charge in [-0.15, -0.1) is 20.5 Å². The lowest BCUT2D eigenvalue weighted by molar-refractivity contribution is -0.118. The van der Waals surface area contributed by atoms with Crippen molar-refractivity contribution in [1.29, 1.82) is 10.5 Å². The van der Waals surface area contributed by atoms with Crippen molar-refractivity contribution in [2.24, 2.45) is 5.90 Å². The van der Waals surface area contributed by atoms with E-state index in [0.29, 0.717) is 0 Å². The zero-order valence-electron chi connectivity index (χ0n) is 53.2. The smallest absolute Gasteiger partial charge is 0.377 e. The number of hydrogen-bond acceptors (Lipinski definition) is 19. The van der Waals surface area contributed by atoms with Crippen LogP contribution in [0.3, 0.4) is 0 Å². The van der Waals surface area contributed by atoms with Crippen molar-refractivity contribution in [1.82, 2.24) is 15.9 Å². The molecule has 0 aliphatic carbocycles. The van der Waals surface area contributed by atoms with Gasteiger partial charge in [0.05, 0.1) is 79.3 Å². The molecule has 6 aromatic carbocycles. The molecule has 6 aromatic rings. The molecule has 2 amide bonds. The molecule has 6 N–H and O–H groups in total. The van der Waals surface area contributed by atoms with Crippen molar-refractivity contribution in [3.63, 3.8) is 0 Å². The molecular weight excluding hydrogens is 1310 g/mol. The summed E-state index contributed by atoms with van der Waals surface area (Å²) in [7, 11) is -7.77. The molecule has 2 fully saturated rings. The van der Waals surface area contributed by atoms with Crippen LogP contribution in [0.5, 0.6) is 0 Å². The monoisotopic (exact) mass is 1400 g/mol. The molecule has 2 saturated heterocycles. The molecule has 93 heavy (non-hydrogen) atoms. The summed E-state index contributed by atoms with van der Waals surface area (Å²) in [6.07, 6.45) is 10.7. The summed E-state index contributed by atoms with van der Waals surface area (Å²) in [5.74, 6) is 3.80. The molecule has 8 rings (SSSR count). The fraction of sp³-hybridized carbons (Fsp3) is 0.403. The number of phosphoric ester groups is 1. The summed E-state index contributed by atoms with van der Waals surface area (Å²) in [5.41, 5.74) is 5.74. The molecule has 22 nitrogen and oxygen atoms in total. The Kier molecular flexibility index (Phi) is 33.6. The number of ether oxygens (including phenoxy) is 4. The second-order valence-electron chi connectivity index (χ2n) is 22.4. The number of nitrogens with two attached hydrogens (primary N) is 1. The Balaban J connectivity index is 0.000000284. The van der Waals surface area contributed by atoms with E-state index in [2.05, 4.69) is 96.4 Å². The fourth-order valence-electron chi connectivity index (χ4n) is 9.39. The SMILES string of the molecule is C[Si](C)(C)Br.N#C/C(=C\c1ccc2cc(N3CCCCC3)ccc2c1)C(=O)NCCOCCOCCOP(=O)(NO)ON.N#C/C(=C\c1ccc2cc(N3CCCCC3)ccc2c1)C(=O)NCCOCCOCCOP(=O)(OCc1ccccc1)OCc1ccccc1. The van der Waals surface area contributed by atoms with Crippen molar-refractivity contribution in [2.75, 3.05) is 115 Å². The minimum absolute atomic E-state index is 0.00294. The first-order chi connectivity index (χ1) is 45.0. The molecule has 0 bridgehead atoms. The number of hydrogen-bond donors (Lipinski definition) is 5. The van der Waals surface area contributed by atoms with Crippen LogP contribution in [-0.4, -0.2) is 129 Å². The number of piperidine rings is 2. The van der Waals surface area contributed by atoms with Gasteiger partial charge >= 0.3 is 15.6 Å². The van der Waals surface area contributed by atoms with Gasteiger partial charge in [-0.25, -0.2) is 19.7 Å². The molecule has 500 valence electrons. The van der Waals surface area contributed by atoms with Gasteiger partial charge < -0.3 is 44.6 Å². The average Bonchev–Trinajstić information content (AvgIpc) is 0.863. The summed E-state index contributed by atoms with van der Waals surface area (Å²) in [4.78, 5) is 29.9. The van der Waals surface area contributed by atoms with Crippen molar-refractivity contribution in [2.45, 2.75) is 71.4 Å². The van der Waals surface area contributed by atoms with E-state index in [1.165, 1.54) is 55.2 Å². The Labute approximate surface area is 554 Å². The number of carbonyl (C=O) groups is 2. The first-order valence-corrected chi connectivity index (χ1v) is 39.8. The molecule has 0 spiro atoms. The first kappa shape index (κ1) is 75.5. The lowest BCUT2D eigenvalue weighted by atomic mass is 10.0. The molecule has 1 unspecified atom stereocenters. The van der Waals surface area contributed by atoms with E-state index in [-0.39, 0.29) is 104 Å². The maximum Gasteiger partial charge on any atom is 0.475 e. The van der Waals surface area contributed by atoms with Gasteiger partial charge in [-0.1, -0.05) is 117 Å². The molecule has 2 aliphatic rings. The number of nitrogens with zero attached hydrogens (tertiary/aromatic N) is 4. The fourth-order valence-corrected chi connectivity index (χ4v) is 11.0. The third-order valence-corrected chi connectivity index (χ3v) is 16.4. The maximum absolute atomic E-state index is 13.3. The average molecular weight is 1400 g/mol.